The summed E-state index contributed by atoms with van der Waals surface area (Å²) in [6.07, 6.45) is 2.40. The van der Waals surface area contributed by atoms with Crippen molar-refractivity contribution in [3.8, 4) is 5.75 Å². The number of hydrogen-bond donors (Lipinski definition) is 2. The van der Waals surface area contributed by atoms with Crippen LogP contribution in [-0.2, 0) is 11.2 Å². The fourth-order valence-electron chi connectivity index (χ4n) is 2.66. The van der Waals surface area contributed by atoms with Crippen molar-refractivity contribution < 1.29 is 14.6 Å². The maximum Gasteiger partial charge on any atom is 0.307 e. The standard InChI is InChI=1S/C16H24N2O3/c1-18(14-5-7-17-8-6-14)9-10-21-15-4-2-3-13(11-15)12-16(19)20/h2-4,11,14,17H,5-10,12H2,1H3,(H,19,20). The maximum absolute atomic E-state index is 10.7. The van der Waals surface area contributed by atoms with Crippen molar-refractivity contribution in [2.45, 2.75) is 25.3 Å². The molecule has 1 heterocycles. The first-order valence-electron chi connectivity index (χ1n) is 7.49. The van der Waals surface area contributed by atoms with Gasteiger partial charge >= 0.3 is 5.97 Å². The third-order valence-electron chi connectivity index (χ3n) is 3.90. The molecule has 1 aliphatic rings. The van der Waals surface area contributed by atoms with Crippen molar-refractivity contribution >= 4 is 5.97 Å². The lowest BCUT2D eigenvalue weighted by atomic mass is 10.1. The van der Waals surface area contributed by atoms with Crippen LogP contribution in [0.1, 0.15) is 18.4 Å². The van der Waals surface area contributed by atoms with Gasteiger partial charge in [-0.1, -0.05) is 12.1 Å². The molecule has 0 bridgehead atoms. The maximum atomic E-state index is 10.7. The second-order valence-electron chi connectivity index (χ2n) is 5.53. The fraction of sp³-hybridized carbons (Fsp3) is 0.562. The topological polar surface area (TPSA) is 61.8 Å². The highest BCUT2D eigenvalue weighted by Gasteiger charge is 2.17. The number of rotatable bonds is 7. The minimum Gasteiger partial charge on any atom is -0.492 e. The van der Waals surface area contributed by atoms with Gasteiger partial charge in [0.05, 0.1) is 6.42 Å². The molecule has 0 unspecified atom stereocenters. The summed E-state index contributed by atoms with van der Waals surface area (Å²) < 4.78 is 5.74. The first-order chi connectivity index (χ1) is 10.1. The van der Waals surface area contributed by atoms with Gasteiger partial charge in [-0.2, -0.15) is 0 Å². The summed E-state index contributed by atoms with van der Waals surface area (Å²) in [5.74, 6) is -0.0785. The predicted molar refractivity (Wildman–Crippen MR) is 81.8 cm³/mol. The summed E-state index contributed by atoms with van der Waals surface area (Å²) in [7, 11) is 2.14. The van der Waals surface area contributed by atoms with Gasteiger partial charge in [0.2, 0.25) is 0 Å². The molecule has 0 spiro atoms. The highest BCUT2D eigenvalue weighted by molar-refractivity contribution is 5.70. The van der Waals surface area contributed by atoms with E-state index in [1.165, 1.54) is 12.8 Å². The second-order valence-corrected chi connectivity index (χ2v) is 5.53. The first kappa shape index (κ1) is 15.8. The van der Waals surface area contributed by atoms with Crippen LogP contribution < -0.4 is 10.1 Å². The molecule has 0 saturated carbocycles. The van der Waals surface area contributed by atoms with E-state index in [1.54, 1.807) is 6.07 Å². The Morgan fingerprint density at radius 1 is 1.43 bits per heavy atom. The minimum atomic E-state index is -0.821. The number of aliphatic carboxylic acids is 1. The third-order valence-corrected chi connectivity index (χ3v) is 3.90. The van der Waals surface area contributed by atoms with Gasteiger partial charge < -0.3 is 15.2 Å². The number of likely N-dealkylation sites (N-methyl/N-ethyl adjacent to an activating group) is 1. The molecule has 0 aliphatic carbocycles. The van der Waals surface area contributed by atoms with Crippen molar-refractivity contribution in [2.24, 2.45) is 0 Å². The van der Waals surface area contributed by atoms with Gasteiger partial charge in [0.25, 0.3) is 0 Å². The van der Waals surface area contributed by atoms with E-state index in [0.29, 0.717) is 12.6 Å². The fourth-order valence-corrected chi connectivity index (χ4v) is 2.66. The molecule has 1 aromatic carbocycles. The van der Waals surface area contributed by atoms with Crippen LogP contribution in [-0.4, -0.2) is 55.3 Å². The number of carboxylic acids is 1. The number of nitrogens with zero attached hydrogens (tertiary/aromatic N) is 1. The number of ether oxygens (including phenoxy) is 1. The number of carbonyl (C=O) groups is 1. The lowest BCUT2D eigenvalue weighted by Gasteiger charge is -2.31. The number of hydrogen-bond acceptors (Lipinski definition) is 4. The van der Waals surface area contributed by atoms with Crippen LogP contribution in [0.2, 0.25) is 0 Å². The largest absolute Gasteiger partial charge is 0.492 e. The first-order valence-corrected chi connectivity index (χ1v) is 7.49. The van der Waals surface area contributed by atoms with Crippen LogP contribution in [0.25, 0.3) is 0 Å². The Kier molecular flexibility index (Phi) is 6.02. The van der Waals surface area contributed by atoms with E-state index < -0.39 is 5.97 Å². The van der Waals surface area contributed by atoms with Crippen molar-refractivity contribution in [1.29, 1.82) is 0 Å². The Morgan fingerprint density at radius 3 is 2.90 bits per heavy atom. The molecule has 1 aromatic rings. The SMILES string of the molecule is CN(CCOc1cccc(CC(=O)O)c1)C1CCNCC1. The smallest absolute Gasteiger partial charge is 0.307 e. The van der Waals surface area contributed by atoms with Gasteiger partial charge in [-0.15, -0.1) is 0 Å². The average Bonchev–Trinajstić information content (AvgIpc) is 2.48. The molecule has 2 N–H and O–H groups in total. The summed E-state index contributed by atoms with van der Waals surface area (Å²) >= 11 is 0. The average molecular weight is 292 g/mol. The zero-order valence-corrected chi connectivity index (χ0v) is 12.5. The quantitative estimate of drug-likeness (QED) is 0.795. The molecule has 0 radical (unpaired) electrons. The van der Waals surface area contributed by atoms with E-state index in [4.69, 9.17) is 9.84 Å². The van der Waals surface area contributed by atoms with Crippen LogP contribution in [0.15, 0.2) is 24.3 Å². The van der Waals surface area contributed by atoms with Gasteiger partial charge in [0.15, 0.2) is 0 Å². The molecule has 21 heavy (non-hydrogen) atoms. The van der Waals surface area contributed by atoms with E-state index in [0.717, 1.165) is 30.9 Å². The lowest BCUT2D eigenvalue weighted by molar-refractivity contribution is -0.136. The summed E-state index contributed by atoms with van der Waals surface area (Å²) in [5, 5.41) is 12.2. The molecule has 116 valence electrons. The molecule has 5 heteroatoms. The Morgan fingerprint density at radius 2 is 2.19 bits per heavy atom. The molecule has 0 amide bonds. The summed E-state index contributed by atoms with van der Waals surface area (Å²) in [4.78, 5) is 13.1. The third kappa shape index (κ3) is 5.36. The normalized spacial score (nSPS) is 16.1. The molecule has 0 atom stereocenters. The van der Waals surface area contributed by atoms with Crippen molar-refractivity contribution in [3.63, 3.8) is 0 Å². The van der Waals surface area contributed by atoms with E-state index in [2.05, 4.69) is 17.3 Å². The van der Waals surface area contributed by atoms with Gasteiger partial charge in [0, 0.05) is 12.6 Å². The minimum absolute atomic E-state index is 0.0339. The molecule has 1 saturated heterocycles. The Hall–Kier alpha value is -1.59. The Labute approximate surface area is 125 Å². The lowest BCUT2D eigenvalue weighted by Crippen LogP contribution is -2.42. The van der Waals surface area contributed by atoms with E-state index in [-0.39, 0.29) is 6.42 Å². The molecule has 1 fully saturated rings. The van der Waals surface area contributed by atoms with Gasteiger partial charge in [0.1, 0.15) is 12.4 Å². The number of carboxylic acid groups (broad SMARTS) is 1. The van der Waals surface area contributed by atoms with Crippen LogP contribution in [0, 0.1) is 0 Å². The zero-order chi connectivity index (χ0) is 15.1. The molecule has 2 rings (SSSR count). The van der Waals surface area contributed by atoms with E-state index in [9.17, 15) is 4.79 Å². The van der Waals surface area contributed by atoms with Crippen LogP contribution >= 0.6 is 0 Å². The second kappa shape index (κ2) is 8.00. The van der Waals surface area contributed by atoms with Gasteiger partial charge in [-0.05, 0) is 50.7 Å². The molecule has 1 aliphatic heterocycles. The Balaban J connectivity index is 1.76. The molecular weight excluding hydrogens is 268 g/mol. The monoisotopic (exact) mass is 292 g/mol. The number of benzene rings is 1. The summed E-state index contributed by atoms with van der Waals surface area (Å²) in [6.45, 7) is 3.69. The highest BCUT2D eigenvalue weighted by atomic mass is 16.5. The van der Waals surface area contributed by atoms with Crippen LogP contribution in [0.5, 0.6) is 5.75 Å². The molecule has 5 nitrogen and oxygen atoms in total. The molecule has 0 aromatic heterocycles. The van der Waals surface area contributed by atoms with Gasteiger partial charge in [-0.25, -0.2) is 0 Å². The highest BCUT2D eigenvalue weighted by Crippen LogP contribution is 2.14. The van der Waals surface area contributed by atoms with Crippen LogP contribution in [0.3, 0.4) is 0 Å². The number of piperidine rings is 1. The van der Waals surface area contributed by atoms with Crippen molar-refractivity contribution in [2.75, 3.05) is 33.3 Å². The summed E-state index contributed by atoms with van der Waals surface area (Å²) in [6, 6.07) is 7.95. The van der Waals surface area contributed by atoms with Crippen LogP contribution in [0.4, 0.5) is 0 Å². The van der Waals surface area contributed by atoms with Crippen molar-refractivity contribution in [1.82, 2.24) is 10.2 Å². The zero-order valence-electron chi connectivity index (χ0n) is 12.5. The Bertz CT molecular complexity index is 459. The summed E-state index contributed by atoms with van der Waals surface area (Å²) in [5.41, 5.74) is 0.770. The van der Waals surface area contributed by atoms with E-state index >= 15 is 0 Å². The van der Waals surface area contributed by atoms with Gasteiger partial charge in [-0.3, -0.25) is 9.69 Å². The van der Waals surface area contributed by atoms with Crippen molar-refractivity contribution in [3.05, 3.63) is 29.8 Å². The van der Waals surface area contributed by atoms with E-state index in [1.807, 2.05) is 18.2 Å². The number of nitrogens with one attached hydrogen (secondary N) is 1. The molecular formula is C16H24N2O3. The predicted octanol–water partition coefficient (Wildman–Crippen LogP) is 1.38.